The van der Waals surface area contributed by atoms with E-state index in [0.717, 1.165) is 11.8 Å². The fourth-order valence-corrected chi connectivity index (χ4v) is 3.92. The molecule has 0 fully saturated rings. The number of amides is 1. The normalized spacial score (nSPS) is 10.5. The van der Waals surface area contributed by atoms with Crippen molar-refractivity contribution in [2.24, 2.45) is 0 Å². The van der Waals surface area contributed by atoms with Gasteiger partial charge in [0.15, 0.2) is 4.34 Å². The zero-order valence-electron chi connectivity index (χ0n) is 15.6. The minimum Gasteiger partial charge on any atom is -0.494 e. The molecule has 0 aliphatic rings. The van der Waals surface area contributed by atoms with Crippen LogP contribution < -0.4 is 15.4 Å². The molecule has 0 unspecified atom stereocenters. The van der Waals surface area contributed by atoms with Gasteiger partial charge in [-0.2, -0.15) is 0 Å². The molecule has 0 aliphatic carbocycles. The zero-order chi connectivity index (χ0) is 21.5. The van der Waals surface area contributed by atoms with Crippen molar-refractivity contribution in [2.45, 2.75) is 11.3 Å². The van der Waals surface area contributed by atoms with Crippen molar-refractivity contribution in [1.82, 2.24) is 10.2 Å². The number of rotatable bonds is 9. The van der Waals surface area contributed by atoms with E-state index in [1.807, 2.05) is 0 Å². The van der Waals surface area contributed by atoms with Crippen LogP contribution in [0.1, 0.15) is 6.92 Å². The molecule has 0 saturated carbocycles. The molecule has 1 amide bonds. The van der Waals surface area contributed by atoms with Gasteiger partial charge in [-0.1, -0.05) is 29.2 Å². The Labute approximate surface area is 178 Å². The lowest BCUT2D eigenvalue weighted by atomic mass is 10.2. The van der Waals surface area contributed by atoms with Gasteiger partial charge in [0.05, 0.1) is 23.3 Å². The average Bonchev–Trinajstić information content (AvgIpc) is 3.15. The number of nitro benzene ring substituents is 1. The quantitative estimate of drug-likeness (QED) is 0.279. The van der Waals surface area contributed by atoms with E-state index in [1.165, 1.54) is 35.6 Å². The van der Waals surface area contributed by atoms with Crippen molar-refractivity contribution in [3.8, 4) is 5.75 Å². The van der Waals surface area contributed by atoms with E-state index < -0.39 is 10.8 Å². The van der Waals surface area contributed by atoms with Gasteiger partial charge in [0.1, 0.15) is 17.3 Å². The van der Waals surface area contributed by atoms with E-state index >= 15 is 0 Å². The number of benzene rings is 2. The van der Waals surface area contributed by atoms with E-state index in [0.29, 0.717) is 27.5 Å². The molecule has 156 valence electrons. The summed E-state index contributed by atoms with van der Waals surface area (Å²) in [4.78, 5) is 22.9. The summed E-state index contributed by atoms with van der Waals surface area (Å²) >= 11 is 2.33. The predicted molar refractivity (Wildman–Crippen MR) is 113 cm³/mol. The summed E-state index contributed by atoms with van der Waals surface area (Å²) < 4.78 is 19.0. The van der Waals surface area contributed by atoms with Gasteiger partial charge in [-0.05, 0) is 37.3 Å². The van der Waals surface area contributed by atoms with Crippen molar-refractivity contribution in [3.05, 3.63) is 58.4 Å². The van der Waals surface area contributed by atoms with Crippen LogP contribution in [0.2, 0.25) is 0 Å². The number of aromatic nitrogens is 2. The number of hydrogen-bond donors (Lipinski definition) is 2. The molecule has 2 N–H and O–H groups in total. The number of nitrogens with one attached hydrogen (secondary N) is 2. The highest BCUT2D eigenvalue weighted by atomic mass is 32.2. The molecule has 3 aromatic rings. The second kappa shape index (κ2) is 9.98. The molecule has 3 rings (SSSR count). The van der Waals surface area contributed by atoms with E-state index in [9.17, 15) is 19.3 Å². The smallest absolute Gasteiger partial charge is 0.296 e. The first-order valence-electron chi connectivity index (χ1n) is 8.64. The maximum absolute atomic E-state index is 13.2. The summed E-state index contributed by atoms with van der Waals surface area (Å²) in [7, 11) is 0. The number of halogens is 1. The van der Waals surface area contributed by atoms with Crippen LogP contribution in [0.4, 0.5) is 26.6 Å². The summed E-state index contributed by atoms with van der Waals surface area (Å²) in [6.07, 6.45) is 0. The van der Waals surface area contributed by atoms with Crippen molar-refractivity contribution in [1.29, 1.82) is 0 Å². The first-order valence-corrected chi connectivity index (χ1v) is 10.4. The lowest BCUT2D eigenvalue weighted by Gasteiger charge is -2.08. The minimum atomic E-state index is -0.583. The Hall–Kier alpha value is -3.25. The Morgan fingerprint density at radius 2 is 2.13 bits per heavy atom. The van der Waals surface area contributed by atoms with Crippen LogP contribution in [0.5, 0.6) is 5.75 Å². The monoisotopic (exact) mass is 449 g/mol. The van der Waals surface area contributed by atoms with Crippen LogP contribution in [0.25, 0.3) is 0 Å². The Morgan fingerprint density at radius 1 is 1.30 bits per heavy atom. The second-order valence-electron chi connectivity index (χ2n) is 5.71. The van der Waals surface area contributed by atoms with Crippen LogP contribution in [-0.2, 0) is 4.79 Å². The molecular weight excluding hydrogens is 433 g/mol. The molecule has 1 heterocycles. The molecule has 2 aromatic carbocycles. The van der Waals surface area contributed by atoms with Gasteiger partial charge in [0, 0.05) is 5.69 Å². The first-order chi connectivity index (χ1) is 14.4. The Bertz CT molecular complexity index is 1060. The summed E-state index contributed by atoms with van der Waals surface area (Å²) in [6, 6.07) is 10.2. The molecule has 0 aliphatic heterocycles. The van der Waals surface area contributed by atoms with Crippen LogP contribution in [-0.4, -0.2) is 33.4 Å². The largest absolute Gasteiger partial charge is 0.494 e. The Kier molecular flexibility index (Phi) is 7.14. The van der Waals surface area contributed by atoms with Crippen molar-refractivity contribution in [3.63, 3.8) is 0 Å². The topological polar surface area (TPSA) is 119 Å². The summed E-state index contributed by atoms with van der Waals surface area (Å²) in [6.45, 7) is 2.14. The molecule has 9 nitrogen and oxygen atoms in total. The molecule has 12 heteroatoms. The average molecular weight is 449 g/mol. The number of nitro groups is 1. The third-order valence-corrected chi connectivity index (χ3v) is 5.53. The predicted octanol–water partition coefficient (Wildman–Crippen LogP) is 4.46. The number of ether oxygens (including phenoxy) is 1. The third kappa shape index (κ3) is 5.87. The zero-order valence-corrected chi connectivity index (χ0v) is 17.3. The molecular formula is C18H16FN5O4S2. The summed E-state index contributed by atoms with van der Waals surface area (Å²) in [5.74, 6) is -0.469. The highest BCUT2D eigenvalue weighted by molar-refractivity contribution is 8.01. The van der Waals surface area contributed by atoms with Crippen molar-refractivity contribution >= 4 is 51.2 Å². The maximum atomic E-state index is 13.2. The van der Waals surface area contributed by atoms with Crippen LogP contribution in [0, 0.1) is 15.9 Å². The van der Waals surface area contributed by atoms with Gasteiger partial charge in [0.25, 0.3) is 5.69 Å². The van der Waals surface area contributed by atoms with E-state index in [2.05, 4.69) is 20.8 Å². The fourth-order valence-electron chi connectivity index (χ4n) is 2.35. The number of anilines is 3. The molecule has 0 spiro atoms. The number of carbonyl (C=O) groups excluding carboxylic acids is 1. The van der Waals surface area contributed by atoms with Crippen LogP contribution in [0.15, 0.2) is 46.8 Å². The van der Waals surface area contributed by atoms with Gasteiger partial charge >= 0.3 is 0 Å². The van der Waals surface area contributed by atoms with Crippen molar-refractivity contribution in [2.75, 3.05) is 23.0 Å². The first kappa shape index (κ1) is 21.5. The lowest BCUT2D eigenvalue weighted by Crippen LogP contribution is -2.15. The minimum absolute atomic E-state index is 0.0149. The summed E-state index contributed by atoms with van der Waals surface area (Å²) in [5, 5.41) is 25.1. The second-order valence-corrected chi connectivity index (χ2v) is 7.91. The Balaban J connectivity index is 1.57. The van der Waals surface area contributed by atoms with Gasteiger partial charge < -0.3 is 15.4 Å². The van der Waals surface area contributed by atoms with Crippen LogP contribution >= 0.6 is 23.1 Å². The third-order valence-electron chi connectivity index (χ3n) is 3.56. The van der Waals surface area contributed by atoms with E-state index in [1.54, 1.807) is 25.1 Å². The van der Waals surface area contributed by atoms with Gasteiger partial charge in [-0.25, -0.2) is 4.39 Å². The number of hydrogen-bond acceptors (Lipinski definition) is 9. The van der Waals surface area contributed by atoms with Gasteiger partial charge in [-0.3, -0.25) is 14.9 Å². The highest BCUT2D eigenvalue weighted by Gasteiger charge is 2.18. The standard InChI is InChI=1S/C18H16FN5O4S2/c1-2-28-13-6-7-14(15(9-13)24(26)27)21-16(25)10-29-18-23-22-17(30-18)20-12-5-3-4-11(19)8-12/h3-9H,2,10H2,1H3,(H,20,22)(H,21,25). The number of nitrogens with zero attached hydrogens (tertiary/aromatic N) is 3. The fraction of sp³-hybridized carbons (Fsp3) is 0.167. The van der Waals surface area contributed by atoms with E-state index in [-0.39, 0.29) is 22.9 Å². The highest BCUT2D eigenvalue weighted by Crippen LogP contribution is 2.31. The van der Waals surface area contributed by atoms with Crippen LogP contribution in [0.3, 0.4) is 0 Å². The van der Waals surface area contributed by atoms with Crippen molar-refractivity contribution < 1.29 is 18.8 Å². The SMILES string of the molecule is CCOc1ccc(NC(=O)CSc2nnc(Nc3cccc(F)c3)s2)c([N+](=O)[O-])c1. The summed E-state index contributed by atoms with van der Waals surface area (Å²) in [5.41, 5.74) is 0.361. The Morgan fingerprint density at radius 3 is 2.87 bits per heavy atom. The molecule has 0 saturated heterocycles. The number of thioether (sulfide) groups is 1. The molecule has 0 atom stereocenters. The molecule has 1 aromatic heterocycles. The number of carbonyl (C=O) groups is 1. The lowest BCUT2D eigenvalue weighted by molar-refractivity contribution is -0.384. The maximum Gasteiger partial charge on any atom is 0.296 e. The molecule has 0 radical (unpaired) electrons. The van der Waals surface area contributed by atoms with E-state index in [4.69, 9.17) is 4.74 Å². The molecule has 30 heavy (non-hydrogen) atoms. The molecule has 0 bridgehead atoms. The van der Waals surface area contributed by atoms with Gasteiger partial charge in [0.2, 0.25) is 11.0 Å². The van der Waals surface area contributed by atoms with Gasteiger partial charge in [-0.15, -0.1) is 10.2 Å².